The molecule has 1 saturated carbocycles. The van der Waals surface area contributed by atoms with E-state index in [9.17, 15) is 18.7 Å². The number of nitrogens with zero attached hydrogens (tertiary/aromatic N) is 3. The maximum atomic E-state index is 13.2. The van der Waals surface area contributed by atoms with Gasteiger partial charge >= 0.3 is 0 Å². The van der Waals surface area contributed by atoms with Gasteiger partial charge in [-0.15, -0.1) is 11.3 Å². The second-order valence-corrected chi connectivity index (χ2v) is 8.95. The fraction of sp³-hybridized carbons (Fsp3) is 0.304. The van der Waals surface area contributed by atoms with E-state index in [0.29, 0.717) is 12.1 Å². The normalized spacial score (nSPS) is 18.1. The summed E-state index contributed by atoms with van der Waals surface area (Å²) in [6.07, 6.45) is 2.93. The number of amides is 1. The fourth-order valence-corrected chi connectivity index (χ4v) is 4.71. The number of aliphatic hydroxyl groups excluding tert-OH is 1. The van der Waals surface area contributed by atoms with E-state index in [2.05, 4.69) is 20.3 Å². The van der Waals surface area contributed by atoms with Gasteiger partial charge in [0.05, 0.1) is 27.5 Å². The van der Waals surface area contributed by atoms with Crippen molar-refractivity contribution < 1.29 is 18.7 Å². The first-order valence-electron chi connectivity index (χ1n) is 10.3. The van der Waals surface area contributed by atoms with Crippen molar-refractivity contribution in [1.82, 2.24) is 15.0 Å². The number of anilines is 1. The number of nitrogens with one attached hydrogen (secondary N) is 1. The Labute approximate surface area is 186 Å². The number of aryl methyl sites for hydroxylation is 1. The molecule has 5 rings (SSSR count). The Morgan fingerprint density at radius 1 is 1.25 bits per heavy atom. The Morgan fingerprint density at radius 3 is 2.72 bits per heavy atom. The van der Waals surface area contributed by atoms with Gasteiger partial charge in [0.2, 0.25) is 5.91 Å². The highest BCUT2D eigenvalue weighted by Gasteiger charge is 2.61. The van der Waals surface area contributed by atoms with Gasteiger partial charge in [0.25, 0.3) is 5.92 Å². The molecule has 3 heterocycles. The molecule has 0 spiro atoms. The van der Waals surface area contributed by atoms with Crippen molar-refractivity contribution in [1.29, 1.82) is 0 Å². The molecule has 1 aliphatic rings. The molecule has 3 aromatic heterocycles. The molecular weight excluding hydrogens is 434 g/mol. The smallest absolute Gasteiger partial charge is 0.260 e. The summed E-state index contributed by atoms with van der Waals surface area (Å²) >= 11 is 1.46. The van der Waals surface area contributed by atoms with E-state index in [1.807, 2.05) is 26.0 Å². The molecule has 32 heavy (non-hydrogen) atoms. The molecule has 0 radical (unpaired) electrons. The number of carbonyl (C=O) groups excluding carboxylic acids is 1. The zero-order valence-electron chi connectivity index (χ0n) is 17.4. The molecule has 1 fully saturated rings. The zero-order chi connectivity index (χ0) is 22.6. The van der Waals surface area contributed by atoms with Crippen molar-refractivity contribution in [3.05, 3.63) is 47.4 Å². The Kier molecular flexibility index (Phi) is 4.90. The van der Waals surface area contributed by atoms with Crippen molar-refractivity contribution in [2.24, 2.45) is 5.92 Å². The number of alkyl halides is 2. The van der Waals surface area contributed by atoms with Crippen LogP contribution in [0.15, 0.2) is 36.1 Å². The SMILES string of the molecule is CC[C@H](O)c1cc(C)c(-c2cc3cnc(NC(=O)C4CC4(F)F)cc3c3scnc23)cn1. The lowest BCUT2D eigenvalue weighted by molar-refractivity contribution is -0.119. The van der Waals surface area contributed by atoms with Gasteiger partial charge < -0.3 is 10.4 Å². The van der Waals surface area contributed by atoms with Crippen molar-refractivity contribution in [2.45, 2.75) is 38.7 Å². The molecule has 2 N–H and O–H groups in total. The maximum absolute atomic E-state index is 13.2. The molecule has 1 unspecified atom stereocenters. The Bertz CT molecular complexity index is 1370. The number of rotatable bonds is 5. The van der Waals surface area contributed by atoms with Crippen LogP contribution in [0.3, 0.4) is 0 Å². The first-order chi connectivity index (χ1) is 15.3. The average molecular weight is 455 g/mol. The molecule has 0 bridgehead atoms. The number of halogens is 2. The van der Waals surface area contributed by atoms with Gasteiger partial charge in [-0.05, 0) is 37.1 Å². The lowest BCUT2D eigenvalue weighted by Crippen LogP contribution is -2.18. The van der Waals surface area contributed by atoms with E-state index < -0.39 is 30.3 Å². The number of carbonyl (C=O) groups is 1. The number of thiazole rings is 1. The minimum absolute atomic E-state index is 0.239. The monoisotopic (exact) mass is 454 g/mol. The topological polar surface area (TPSA) is 88.0 Å². The molecule has 0 aliphatic heterocycles. The predicted molar refractivity (Wildman–Crippen MR) is 120 cm³/mol. The second-order valence-electron chi connectivity index (χ2n) is 8.10. The fourth-order valence-electron chi connectivity index (χ4n) is 3.87. The van der Waals surface area contributed by atoms with Gasteiger partial charge in [-0.2, -0.15) is 0 Å². The van der Waals surface area contributed by atoms with E-state index in [-0.39, 0.29) is 5.82 Å². The summed E-state index contributed by atoms with van der Waals surface area (Å²) in [7, 11) is 0. The molecule has 9 heteroatoms. The van der Waals surface area contributed by atoms with E-state index in [1.54, 1.807) is 24.0 Å². The molecule has 1 aliphatic carbocycles. The maximum Gasteiger partial charge on any atom is 0.260 e. The highest BCUT2D eigenvalue weighted by molar-refractivity contribution is 7.17. The number of aliphatic hydroxyl groups is 1. The Balaban J connectivity index is 1.56. The first kappa shape index (κ1) is 20.8. The van der Waals surface area contributed by atoms with Crippen LogP contribution in [0.1, 0.15) is 37.1 Å². The molecule has 4 aromatic rings. The molecule has 1 aromatic carbocycles. The third-order valence-electron chi connectivity index (χ3n) is 5.85. The van der Waals surface area contributed by atoms with Gasteiger partial charge in [-0.25, -0.2) is 18.7 Å². The molecule has 2 atom stereocenters. The number of hydrogen-bond acceptors (Lipinski definition) is 6. The summed E-state index contributed by atoms with van der Waals surface area (Å²) in [5, 5.41) is 14.3. The van der Waals surface area contributed by atoms with Crippen LogP contribution in [-0.4, -0.2) is 31.9 Å². The van der Waals surface area contributed by atoms with Crippen molar-refractivity contribution in [3.63, 3.8) is 0 Å². The summed E-state index contributed by atoms with van der Waals surface area (Å²) in [5.41, 5.74) is 5.93. The highest BCUT2D eigenvalue weighted by Crippen LogP contribution is 2.49. The highest BCUT2D eigenvalue weighted by atomic mass is 32.1. The van der Waals surface area contributed by atoms with E-state index in [1.165, 1.54) is 11.3 Å². The van der Waals surface area contributed by atoms with Crippen LogP contribution in [-0.2, 0) is 4.79 Å². The molecule has 164 valence electrons. The van der Waals surface area contributed by atoms with Crippen LogP contribution in [0.25, 0.3) is 32.1 Å². The molecule has 0 saturated heterocycles. The van der Waals surface area contributed by atoms with Crippen molar-refractivity contribution >= 4 is 44.1 Å². The minimum atomic E-state index is -2.92. The Morgan fingerprint density at radius 2 is 2.03 bits per heavy atom. The summed E-state index contributed by atoms with van der Waals surface area (Å²) < 4.78 is 27.3. The molecule has 1 amide bonds. The van der Waals surface area contributed by atoms with Gasteiger partial charge in [0.15, 0.2) is 0 Å². The van der Waals surface area contributed by atoms with E-state index in [4.69, 9.17) is 0 Å². The lowest BCUT2D eigenvalue weighted by Gasteiger charge is -2.13. The van der Waals surface area contributed by atoms with Crippen LogP contribution in [0.5, 0.6) is 0 Å². The number of benzene rings is 1. The second kappa shape index (κ2) is 7.53. The number of pyridine rings is 2. The summed E-state index contributed by atoms with van der Waals surface area (Å²) in [6.45, 7) is 3.87. The third-order valence-corrected chi connectivity index (χ3v) is 6.71. The van der Waals surface area contributed by atoms with E-state index in [0.717, 1.165) is 37.7 Å². The standard InChI is InChI=1S/C23H20F2N4O2S/c1-3-18(30)17-4-11(2)15(9-26-17)14-5-12-8-27-19(29-22(31)16-7-23(16,24)25)6-13(12)21-20(14)28-10-32-21/h4-6,8-10,16,18,30H,3,7H2,1-2H3,(H,27,29,31)/t16?,18-/m0/s1. The van der Waals surface area contributed by atoms with Crippen LogP contribution in [0.2, 0.25) is 0 Å². The van der Waals surface area contributed by atoms with Gasteiger partial charge in [0, 0.05) is 40.7 Å². The van der Waals surface area contributed by atoms with Crippen LogP contribution < -0.4 is 5.32 Å². The zero-order valence-corrected chi connectivity index (χ0v) is 18.2. The van der Waals surface area contributed by atoms with E-state index >= 15 is 0 Å². The Hall–Kier alpha value is -3.04. The molecule has 6 nitrogen and oxygen atoms in total. The van der Waals surface area contributed by atoms with Crippen LogP contribution in [0.4, 0.5) is 14.6 Å². The van der Waals surface area contributed by atoms with Gasteiger partial charge in [-0.3, -0.25) is 9.78 Å². The first-order valence-corrected chi connectivity index (χ1v) is 11.2. The van der Waals surface area contributed by atoms with Gasteiger partial charge in [-0.1, -0.05) is 6.92 Å². The predicted octanol–water partition coefficient (Wildman–Crippen LogP) is 5.25. The van der Waals surface area contributed by atoms with Crippen LogP contribution >= 0.6 is 11.3 Å². The largest absolute Gasteiger partial charge is 0.387 e. The molecular formula is C23H20F2N4O2S. The minimum Gasteiger partial charge on any atom is -0.387 e. The number of aromatic nitrogens is 3. The third kappa shape index (κ3) is 3.51. The van der Waals surface area contributed by atoms with Crippen molar-refractivity contribution in [3.8, 4) is 11.1 Å². The quantitative estimate of drug-likeness (QED) is 0.430. The van der Waals surface area contributed by atoms with Gasteiger partial charge in [0.1, 0.15) is 11.7 Å². The summed E-state index contributed by atoms with van der Waals surface area (Å²) in [4.78, 5) is 25.3. The average Bonchev–Trinajstić information content (AvgIpc) is 3.18. The lowest BCUT2D eigenvalue weighted by atomic mass is 9.97. The number of hydrogen-bond donors (Lipinski definition) is 2. The summed E-state index contributed by atoms with van der Waals surface area (Å²) in [6, 6.07) is 5.55. The van der Waals surface area contributed by atoms with Crippen LogP contribution in [0, 0.1) is 12.8 Å². The number of fused-ring (bicyclic) bond motifs is 3. The van der Waals surface area contributed by atoms with Crippen molar-refractivity contribution in [2.75, 3.05) is 5.32 Å². The summed E-state index contributed by atoms with van der Waals surface area (Å²) in [5.74, 6) is -4.68.